The maximum absolute atomic E-state index is 11.7. The molecule has 2 heterocycles. The molecule has 0 aliphatic rings. The van der Waals surface area contributed by atoms with Crippen LogP contribution < -0.4 is 11.1 Å². The lowest BCUT2D eigenvalue weighted by Crippen LogP contribution is -2.32. The van der Waals surface area contributed by atoms with E-state index in [0.717, 1.165) is 11.3 Å². The first-order chi connectivity index (χ1) is 11.8. The first-order valence-electron chi connectivity index (χ1n) is 7.83. The fourth-order valence-corrected chi connectivity index (χ4v) is 2.30. The number of amides is 1. The molecule has 0 aliphatic heterocycles. The molecule has 0 saturated heterocycles. The average molecular weight is 340 g/mol. The topological polar surface area (TPSA) is 108 Å². The van der Waals surface area contributed by atoms with Crippen LogP contribution in [0.15, 0.2) is 36.9 Å². The van der Waals surface area contributed by atoms with Gasteiger partial charge < -0.3 is 15.8 Å². The van der Waals surface area contributed by atoms with Crippen molar-refractivity contribution in [3.8, 4) is 5.69 Å². The quantitative estimate of drug-likeness (QED) is 0.758. The second-order valence-corrected chi connectivity index (χ2v) is 6.57. The zero-order valence-electron chi connectivity index (χ0n) is 14.4. The number of nitrogens with one attached hydrogen (secondary N) is 1. The van der Waals surface area contributed by atoms with E-state index in [4.69, 9.17) is 10.5 Å². The van der Waals surface area contributed by atoms with E-state index < -0.39 is 11.7 Å². The largest absolute Gasteiger partial charge is 0.444 e. The second-order valence-electron chi connectivity index (χ2n) is 6.57. The molecule has 8 nitrogen and oxygen atoms in total. The molecular formula is C17H20N6O2. The van der Waals surface area contributed by atoms with Crippen molar-refractivity contribution in [3.63, 3.8) is 0 Å². The summed E-state index contributed by atoms with van der Waals surface area (Å²) >= 11 is 0. The summed E-state index contributed by atoms with van der Waals surface area (Å²) in [6, 6.07) is 7.68. The van der Waals surface area contributed by atoms with Crippen molar-refractivity contribution in [2.24, 2.45) is 0 Å². The Morgan fingerprint density at radius 2 is 1.92 bits per heavy atom. The van der Waals surface area contributed by atoms with Gasteiger partial charge in [-0.3, -0.25) is 4.57 Å². The van der Waals surface area contributed by atoms with Crippen LogP contribution in [0.1, 0.15) is 26.3 Å². The number of ether oxygens (including phenoxy) is 1. The smallest absolute Gasteiger partial charge is 0.407 e. The van der Waals surface area contributed by atoms with Gasteiger partial charge in [0, 0.05) is 12.2 Å². The average Bonchev–Trinajstić information content (AvgIpc) is 2.97. The maximum atomic E-state index is 11.7. The molecule has 0 fully saturated rings. The van der Waals surface area contributed by atoms with E-state index in [1.165, 1.54) is 6.33 Å². The van der Waals surface area contributed by atoms with Crippen LogP contribution in [0.3, 0.4) is 0 Å². The minimum Gasteiger partial charge on any atom is -0.444 e. The van der Waals surface area contributed by atoms with Crippen LogP contribution >= 0.6 is 0 Å². The summed E-state index contributed by atoms with van der Waals surface area (Å²) in [5, 5.41) is 2.73. The molecule has 0 atom stereocenters. The number of imidazole rings is 1. The molecule has 3 N–H and O–H groups in total. The summed E-state index contributed by atoms with van der Waals surface area (Å²) in [7, 11) is 0. The van der Waals surface area contributed by atoms with Crippen LogP contribution in [0, 0.1) is 0 Å². The van der Waals surface area contributed by atoms with Gasteiger partial charge in [0.25, 0.3) is 0 Å². The molecule has 0 aliphatic carbocycles. The lowest BCUT2D eigenvalue weighted by molar-refractivity contribution is 0.0523. The minimum absolute atomic E-state index is 0.349. The van der Waals surface area contributed by atoms with Crippen molar-refractivity contribution in [2.45, 2.75) is 32.9 Å². The Hall–Kier alpha value is -3.16. The Bertz CT molecular complexity index is 896. The van der Waals surface area contributed by atoms with Crippen molar-refractivity contribution < 1.29 is 9.53 Å². The van der Waals surface area contributed by atoms with Gasteiger partial charge in [0.1, 0.15) is 18.3 Å². The molecule has 0 bridgehead atoms. The Morgan fingerprint density at radius 1 is 1.20 bits per heavy atom. The fraction of sp³-hybridized carbons (Fsp3) is 0.294. The van der Waals surface area contributed by atoms with Gasteiger partial charge >= 0.3 is 6.09 Å². The van der Waals surface area contributed by atoms with E-state index in [-0.39, 0.29) is 0 Å². The van der Waals surface area contributed by atoms with Crippen molar-refractivity contribution in [3.05, 3.63) is 42.5 Å². The van der Waals surface area contributed by atoms with Gasteiger partial charge in [-0.05, 0) is 38.5 Å². The number of carbonyl (C=O) groups is 1. The molecule has 1 aromatic carbocycles. The Morgan fingerprint density at radius 3 is 2.60 bits per heavy atom. The van der Waals surface area contributed by atoms with E-state index in [0.29, 0.717) is 23.5 Å². The van der Waals surface area contributed by atoms with Crippen LogP contribution in [0.2, 0.25) is 0 Å². The summed E-state index contributed by atoms with van der Waals surface area (Å²) in [6.07, 6.45) is 2.63. The molecule has 0 radical (unpaired) electrons. The van der Waals surface area contributed by atoms with Crippen molar-refractivity contribution in [2.75, 3.05) is 5.73 Å². The molecule has 130 valence electrons. The Balaban J connectivity index is 1.72. The molecule has 8 heteroatoms. The molecule has 3 aromatic rings. The van der Waals surface area contributed by atoms with E-state index in [1.54, 1.807) is 6.33 Å². The molecule has 2 aromatic heterocycles. The zero-order valence-corrected chi connectivity index (χ0v) is 14.4. The molecule has 25 heavy (non-hydrogen) atoms. The minimum atomic E-state index is -0.514. The Labute approximate surface area is 145 Å². The van der Waals surface area contributed by atoms with Crippen LogP contribution in [0.25, 0.3) is 16.9 Å². The third-order valence-electron chi connectivity index (χ3n) is 3.41. The number of alkyl carbamates (subject to hydrolysis) is 1. The van der Waals surface area contributed by atoms with Crippen molar-refractivity contribution in [1.29, 1.82) is 0 Å². The number of hydrogen-bond acceptors (Lipinski definition) is 6. The number of benzene rings is 1. The molecule has 1 amide bonds. The predicted molar refractivity (Wildman–Crippen MR) is 94.1 cm³/mol. The van der Waals surface area contributed by atoms with E-state index >= 15 is 0 Å². The third kappa shape index (κ3) is 3.85. The number of anilines is 1. The summed E-state index contributed by atoms with van der Waals surface area (Å²) in [5.41, 5.74) is 8.35. The first kappa shape index (κ1) is 16.7. The SMILES string of the molecule is CC(C)(C)OC(=O)NCc1ccc(-n2cnc3c(N)ncnc32)cc1. The zero-order chi connectivity index (χ0) is 18.0. The van der Waals surface area contributed by atoms with Crippen LogP contribution in [0.5, 0.6) is 0 Å². The highest BCUT2D eigenvalue weighted by molar-refractivity contribution is 5.82. The summed E-state index contributed by atoms with van der Waals surface area (Å²) in [4.78, 5) is 24.1. The number of rotatable bonds is 3. The number of hydrogen-bond donors (Lipinski definition) is 2. The van der Waals surface area contributed by atoms with E-state index in [2.05, 4.69) is 20.3 Å². The number of fused-ring (bicyclic) bond motifs is 1. The number of carbonyl (C=O) groups excluding carboxylic acids is 1. The molecule has 0 spiro atoms. The maximum Gasteiger partial charge on any atom is 0.407 e. The number of aromatic nitrogens is 4. The number of nitrogens with zero attached hydrogens (tertiary/aromatic N) is 4. The standard InChI is InChI=1S/C17H20N6O2/c1-17(2,3)25-16(24)19-8-11-4-6-12(7-5-11)23-10-22-13-14(18)20-9-21-15(13)23/h4-7,9-10H,8H2,1-3H3,(H,19,24)(H2,18,20,21). The highest BCUT2D eigenvalue weighted by Gasteiger charge is 2.15. The second kappa shape index (κ2) is 6.39. The van der Waals surface area contributed by atoms with Crippen LogP contribution in [0.4, 0.5) is 10.6 Å². The van der Waals surface area contributed by atoms with E-state index in [1.807, 2.05) is 49.6 Å². The monoisotopic (exact) mass is 340 g/mol. The van der Waals surface area contributed by atoms with Crippen LogP contribution in [-0.4, -0.2) is 31.2 Å². The van der Waals surface area contributed by atoms with Crippen LogP contribution in [-0.2, 0) is 11.3 Å². The van der Waals surface area contributed by atoms with Gasteiger partial charge in [-0.2, -0.15) is 0 Å². The van der Waals surface area contributed by atoms with Gasteiger partial charge in [0.2, 0.25) is 0 Å². The number of nitrogens with two attached hydrogens (primary N) is 1. The summed E-state index contributed by atoms with van der Waals surface area (Å²) in [5.74, 6) is 0.349. The lowest BCUT2D eigenvalue weighted by Gasteiger charge is -2.19. The summed E-state index contributed by atoms with van der Waals surface area (Å²) < 4.78 is 7.04. The molecular weight excluding hydrogens is 320 g/mol. The molecule has 3 rings (SSSR count). The number of nitrogen functional groups attached to an aromatic ring is 1. The third-order valence-corrected chi connectivity index (χ3v) is 3.41. The van der Waals surface area contributed by atoms with Gasteiger partial charge in [-0.25, -0.2) is 19.7 Å². The summed E-state index contributed by atoms with van der Waals surface area (Å²) in [6.45, 7) is 5.86. The lowest BCUT2D eigenvalue weighted by atomic mass is 10.2. The van der Waals surface area contributed by atoms with Crippen molar-refractivity contribution >= 4 is 23.1 Å². The van der Waals surface area contributed by atoms with Crippen molar-refractivity contribution in [1.82, 2.24) is 24.8 Å². The predicted octanol–water partition coefficient (Wildman–Crippen LogP) is 2.42. The normalized spacial score (nSPS) is 11.5. The Kier molecular flexibility index (Phi) is 4.26. The first-order valence-corrected chi connectivity index (χ1v) is 7.83. The van der Waals surface area contributed by atoms with Gasteiger partial charge in [0.15, 0.2) is 17.0 Å². The molecule has 0 saturated carbocycles. The van der Waals surface area contributed by atoms with Gasteiger partial charge in [-0.15, -0.1) is 0 Å². The highest BCUT2D eigenvalue weighted by atomic mass is 16.6. The molecule has 0 unspecified atom stereocenters. The van der Waals surface area contributed by atoms with E-state index in [9.17, 15) is 4.79 Å². The highest BCUT2D eigenvalue weighted by Crippen LogP contribution is 2.19. The van der Waals surface area contributed by atoms with Gasteiger partial charge in [0.05, 0.1) is 0 Å². The fourth-order valence-electron chi connectivity index (χ4n) is 2.30. The van der Waals surface area contributed by atoms with Gasteiger partial charge in [-0.1, -0.05) is 12.1 Å².